The number of imidazole rings is 1. The lowest BCUT2D eigenvalue weighted by Gasteiger charge is -2.04. The summed E-state index contributed by atoms with van der Waals surface area (Å²) in [6, 6.07) is 0. The van der Waals surface area contributed by atoms with Crippen molar-refractivity contribution in [2.75, 3.05) is 0 Å². The van der Waals surface area contributed by atoms with Gasteiger partial charge in [-0.15, -0.1) is 0 Å². The van der Waals surface area contributed by atoms with Crippen molar-refractivity contribution < 1.29 is 0 Å². The summed E-state index contributed by atoms with van der Waals surface area (Å²) in [7, 11) is 1.87. The van der Waals surface area contributed by atoms with Gasteiger partial charge in [-0.25, -0.2) is 4.98 Å². The van der Waals surface area contributed by atoms with Gasteiger partial charge >= 0.3 is 0 Å². The van der Waals surface area contributed by atoms with Crippen molar-refractivity contribution >= 4 is 12.2 Å². The topological polar surface area (TPSA) is 51.4 Å². The molecular formula is C10H15N5S. The number of aromatic nitrogens is 5. The van der Waals surface area contributed by atoms with E-state index in [2.05, 4.69) is 26.6 Å². The van der Waals surface area contributed by atoms with Crippen molar-refractivity contribution in [2.45, 2.75) is 26.3 Å². The summed E-state index contributed by atoms with van der Waals surface area (Å²) in [6.07, 6.45) is 5.46. The van der Waals surface area contributed by atoms with Crippen LogP contribution in [-0.2, 0) is 26.4 Å². The van der Waals surface area contributed by atoms with Gasteiger partial charge in [0, 0.05) is 31.9 Å². The number of nitrogens with one attached hydrogen (secondary N) is 1. The molecule has 0 aliphatic carbocycles. The van der Waals surface area contributed by atoms with Crippen LogP contribution in [0, 0.1) is 4.77 Å². The Bertz CT molecular complexity index is 521. The van der Waals surface area contributed by atoms with Gasteiger partial charge in [-0.2, -0.15) is 5.10 Å². The summed E-state index contributed by atoms with van der Waals surface area (Å²) >= 11 is 5.22. The molecule has 2 aromatic heterocycles. The van der Waals surface area contributed by atoms with E-state index in [-0.39, 0.29) is 0 Å². The third kappa shape index (κ3) is 2.21. The van der Waals surface area contributed by atoms with Gasteiger partial charge in [0.15, 0.2) is 10.6 Å². The van der Waals surface area contributed by atoms with Gasteiger partial charge < -0.3 is 9.55 Å². The van der Waals surface area contributed by atoms with Crippen LogP contribution in [0.5, 0.6) is 0 Å². The Kier molecular flexibility index (Phi) is 3.19. The van der Waals surface area contributed by atoms with E-state index in [4.69, 9.17) is 12.2 Å². The van der Waals surface area contributed by atoms with Crippen LogP contribution in [0.1, 0.15) is 18.4 Å². The van der Waals surface area contributed by atoms with E-state index in [9.17, 15) is 0 Å². The van der Waals surface area contributed by atoms with Gasteiger partial charge in [0.2, 0.25) is 0 Å². The second-order valence-corrected chi connectivity index (χ2v) is 4.06. The van der Waals surface area contributed by atoms with Gasteiger partial charge in [-0.1, -0.05) is 6.92 Å². The first-order valence-electron chi connectivity index (χ1n) is 5.32. The van der Waals surface area contributed by atoms with Crippen LogP contribution in [0.2, 0.25) is 0 Å². The molecular weight excluding hydrogens is 222 g/mol. The third-order valence-corrected chi connectivity index (χ3v) is 2.86. The third-order valence-electron chi connectivity index (χ3n) is 2.52. The smallest absolute Gasteiger partial charge is 0.177 e. The molecule has 0 amide bonds. The van der Waals surface area contributed by atoms with Crippen LogP contribution in [0.3, 0.4) is 0 Å². The fourth-order valence-electron chi connectivity index (χ4n) is 1.68. The quantitative estimate of drug-likeness (QED) is 0.819. The van der Waals surface area contributed by atoms with Crippen LogP contribution in [-0.4, -0.2) is 24.3 Å². The second-order valence-electron chi connectivity index (χ2n) is 3.67. The highest BCUT2D eigenvalue weighted by Crippen LogP contribution is 2.04. The Morgan fingerprint density at radius 2 is 2.31 bits per heavy atom. The maximum Gasteiger partial charge on any atom is 0.177 e. The summed E-state index contributed by atoms with van der Waals surface area (Å²) in [5, 5.41) is 4.24. The number of hydrogen-bond acceptors (Lipinski definition) is 3. The molecule has 2 heterocycles. The van der Waals surface area contributed by atoms with E-state index in [0.29, 0.717) is 0 Å². The van der Waals surface area contributed by atoms with Gasteiger partial charge in [-0.05, 0) is 18.6 Å². The predicted octanol–water partition coefficient (Wildman–Crippen LogP) is 1.48. The van der Waals surface area contributed by atoms with Crippen molar-refractivity contribution in [1.82, 2.24) is 24.3 Å². The highest BCUT2D eigenvalue weighted by Gasteiger charge is 2.04. The van der Waals surface area contributed by atoms with E-state index < -0.39 is 0 Å². The van der Waals surface area contributed by atoms with Gasteiger partial charge in [0.05, 0.1) is 0 Å². The molecule has 0 radical (unpaired) electrons. The molecule has 6 heteroatoms. The molecule has 1 N–H and O–H groups in total. The van der Waals surface area contributed by atoms with E-state index in [1.807, 2.05) is 13.2 Å². The second kappa shape index (κ2) is 4.61. The standard InChI is InChI=1S/C10H15N5S/c1-3-8-6-11-10(16)15(8)5-4-9-12-7-14(2)13-9/h6-7H,3-5H2,1-2H3,(H,11,16). The first-order chi connectivity index (χ1) is 7.70. The van der Waals surface area contributed by atoms with Crippen LogP contribution < -0.4 is 0 Å². The van der Waals surface area contributed by atoms with Gasteiger partial charge in [0.1, 0.15) is 6.33 Å². The summed E-state index contributed by atoms with van der Waals surface area (Å²) in [6.45, 7) is 2.95. The monoisotopic (exact) mass is 237 g/mol. The lowest BCUT2D eigenvalue weighted by Crippen LogP contribution is -2.06. The Labute approximate surface area is 99.1 Å². The molecule has 0 saturated carbocycles. The minimum atomic E-state index is 0.771. The fourth-order valence-corrected chi connectivity index (χ4v) is 1.95. The summed E-state index contributed by atoms with van der Waals surface area (Å²) in [5.41, 5.74) is 1.22. The molecule has 0 bridgehead atoms. The first-order valence-corrected chi connectivity index (χ1v) is 5.73. The normalized spacial score (nSPS) is 10.9. The molecule has 0 unspecified atom stereocenters. The number of hydrogen-bond donors (Lipinski definition) is 1. The number of aryl methyl sites for hydroxylation is 3. The first kappa shape index (κ1) is 11.1. The number of rotatable bonds is 4. The van der Waals surface area contributed by atoms with Gasteiger partial charge in [0.25, 0.3) is 0 Å². The van der Waals surface area contributed by atoms with E-state index >= 15 is 0 Å². The molecule has 5 nitrogen and oxygen atoms in total. The molecule has 86 valence electrons. The number of nitrogens with zero attached hydrogens (tertiary/aromatic N) is 4. The zero-order chi connectivity index (χ0) is 11.5. The van der Waals surface area contributed by atoms with E-state index in [0.717, 1.165) is 30.0 Å². The molecule has 0 spiro atoms. The van der Waals surface area contributed by atoms with Crippen LogP contribution in [0.4, 0.5) is 0 Å². The molecule has 16 heavy (non-hydrogen) atoms. The minimum Gasteiger partial charge on any atom is -0.337 e. The molecule has 0 aliphatic heterocycles. The molecule has 0 aliphatic rings. The SMILES string of the molecule is CCc1c[nH]c(=S)n1CCc1ncn(C)n1. The molecule has 0 aromatic carbocycles. The Hall–Kier alpha value is -1.43. The van der Waals surface area contributed by atoms with Crippen molar-refractivity contribution in [2.24, 2.45) is 7.05 Å². The summed E-state index contributed by atoms with van der Waals surface area (Å²) in [4.78, 5) is 7.26. The van der Waals surface area contributed by atoms with Crippen LogP contribution >= 0.6 is 12.2 Å². The van der Waals surface area contributed by atoms with E-state index in [1.165, 1.54) is 5.69 Å². The van der Waals surface area contributed by atoms with Crippen molar-refractivity contribution in [1.29, 1.82) is 0 Å². The number of H-pyrrole nitrogens is 1. The minimum absolute atomic E-state index is 0.771. The maximum absolute atomic E-state index is 5.22. The lowest BCUT2D eigenvalue weighted by atomic mass is 10.3. The molecule has 2 aromatic rings. The molecule has 0 fully saturated rings. The van der Waals surface area contributed by atoms with Crippen molar-refractivity contribution in [3.63, 3.8) is 0 Å². The highest BCUT2D eigenvalue weighted by molar-refractivity contribution is 7.71. The highest BCUT2D eigenvalue weighted by atomic mass is 32.1. The zero-order valence-electron chi connectivity index (χ0n) is 9.47. The van der Waals surface area contributed by atoms with E-state index in [1.54, 1.807) is 11.0 Å². The van der Waals surface area contributed by atoms with Crippen molar-refractivity contribution in [3.8, 4) is 0 Å². The largest absolute Gasteiger partial charge is 0.337 e. The van der Waals surface area contributed by atoms with Crippen LogP contribution in [0.25, 0.3) is 0 Å². The van der Waals surface area contributed by atoms with Crippen molar-refractivity contribution in [3.05, 3.63) is 28.8 Å². The maximum atomic E-state index is 5.22. The van der Waals surface area contributed by atoms with Crippen LogP contribution in [0.15, 0.2) is 12.5 Å². The fraction of sp³-hybridized carbons (Fsp3) is 0.500. The molecule has 0 saturated heterocycles. The van der Waals surface area contributed by atoms with Gasteiger partial charge in [-0.3, -0.25) is 4.68 Å². The summed E-state index contributed by atoms with van der Waals surface area (Å²) in [5.74, 6) is 0.854. The molecule has 2 rings (SSSR count). The average molecular weight is 237 g/mol. The summed E-state index contributed by atoms with van der Waals surface area (Å²) < 4.78 is 4.59. The Balaban J connectivity index is 2.09. The Morgan fingerprint density at radius 3 is 2.94 bits per heavy atom. The predicted molar refractivity (Wildman–Crippen MR) is 63.7 cm³/mol. The molecule has 0 atom stereocenters. The Morgan fingerprint density at radius 1 is 1.50 bits per heavy atom. The number of aromatic amines is 1. The zero-order valence-corrected chi connectivity index (χ0v) is 10.3. The lowest BCUT2D eigenvalue weighted by molar-refractivity contribution is 0.630. The average Bonchev–Trinajstić information content (AvgIpc) is 2.82.